The summed E-state index contributed by atoms with van der Waals surface area (Å²) in [5.41, 5.74) is 0. The minimum atomic E-state index is -0.226. The van der Waals surface area contributed by atoms with Crippen molar-refractivity contribution in [3.8, 4) is 0 Å². The number of aliphatic hydroxyl groups excluding tert-OH is 1. The van der Waals surface area contributed by atoms with Gasteiger partial charge in [0, 0.05) is 14.7 Å². The molecule has 1 heterocycles. The van der Waals surface area contributed by atoms with E-state index in [1.54, 1.807) is 11.3 Å². The Bertz CT molecular complexity index is 273. The number of hydrogen-bond donors (Lipinski definition) is 1. The van der Waals surface area contributed by atoms with E-state index in [1.807, 2.05) is 6.92 Å². The SMILES string of the molecule is CC(C)C(Cc1cc(Br)cs1)C(C)O. The first kappa shape index (κ1) is 12.2. The molecule has 1 nitrogen and oxygen atoms in total. The quantitative estimate of drug-likeness (QED) is 0.889. The van der Waals surface area contributed by atoms with Crippen LogP contribution in [0.15, 0.2) is 15.9 Å². The Morgan fingerprint density at radius 2 is 2.07 bits per heavy atom. The van der Waals surface area contributed by atoms with Gasteiger partial charge < -0.3 is 5.11 Å². The first-order valence-electron chi connectivity index (χ1n) is 4.91. The van der Waals surface area contributed by atoms with Crippen LogP contribution in [0.5, 0.6) is 0 Å². The van der Waals surface area contributed by atoms with Crippen molar-refractivity contribution in [2.75, 3.05) is 0 Å². The van der Waals surface area contributed by atoms with Crippen molar-refractivity contribution in [3.63, 3.8) is 0 Å². The monoisotopic (exact) mass is 276 g/mol. The lowest BCUT2D eigenvalue weighted by Crippen LogP contribution is -2.24. The van der Waals surface area contributed by atoms with Crippen molar-refractivity contribution in [2.24, 2.45) is 11.8 Å². The number of thiophene rings is 1. The Balaban J connectivity index is 2.64. The molecule has 3 heteroatoms. The third-order valence-corrected chi connectivity index (χ3v) is 4.25. The van der Waals surface area contributed by atoms with Crippen molar-refractivity contribution in [1.29, 1.82) is 0 Å². The molecule has 0 amide bonds. The number of hydrogen-bond acceptors (Lipinski definition) is 2. The van der Waals surface area contributed by atoms with Gasteiger partial charge in [-0.3, -0.25) is 0 Å². The lowest BCUT2D eigenvalue weighted by Gasteiger charge is -2.22. The van der Waals surface area contributed by atoms with Crippen LogP contribution in [0.1, 0.15) is 25.6 Å². The summed E-state index contributed by atoms with van der Waals surface area (Å²) in [5, 5.41) is 11.7. The second-order valence-electron chi connectivity index (χ2n) is 4.08. The fraction of sp³-hybridized carbons (Fsp3) is 0.636. The molecule has 0 fully saturated rings. The third-order valence-electron chi connectivity index (χ3n) is 2.53. The fourth-order valence-electron chi connectivity index (χ4n) is 1.66. The van der Waals surface area contributed by atoms with E-state index in [-0.39, 0.29) is 6.10 Å². The van der Waals surface area contributed by atoms with Crippen LogP contribution >= 0.6 is 27.3 Å². The van der Waals surface area contributed by atoms with Gasteiger partial charge in [-0.1, -0.05) is 13.8 Å². The normalized spacial score (nSPS) is 15.9. The van der Waals surface area contributed by atoms with Crippen LogP contribution in [-0.2, 0) is 6.42 Å². The predicted molar refractivity (Wildman–Crippen MR) is 65.7 cm³/mol. The van der Waals surface area contributed by atoms with Gasteiger partial charge in [0.05, 0.1) is 6.10 Å². The largest absolute Gasteiger partial charge is 0.393 e. The molecule has 1 N–H and O–H groups in total. The topological polar surface area (TPSA) is 20.2 Å². The lowest BCUT2D eigenvalue weighted by atomic mass is 9.88. The highest BCUT2D eigenvalue weighted by atomic mass is 79.9. The molecule has 1 aromatic heterocycles. The Morgan fingerprint density at radius 3 is 2.43 bits per heavy atom. The van der Waals surface area contributed by atoms with Gasteiger partial charge in [0.1, 0.15) is 0 Å². The summed E-state index contributed by atoms with van der Waals surface area (Å²) < 4.78 is 1.14. The molecule has 0 aliphatic rings. The molecule has 0 bridgehead atoms. The summed E-state index contributed by atoms with van der Waals surface area (Å²) in [6.45, 7) is 6.22. The molecule has 0 saturated carbocycles. The summed E-state index contributed by atoms with van der Waals surface area (Å²) in [6.07, 6.45) is 0.752. The Kier molecular flexibility index (Phi) is 4.61. The summed E-state index contributed by atoms with van der Waals surface area (Å²) in [6, 6.07) is 2.14. The summed E-state index contributed by atoms with van der Waals surface area (Å²) in [5.74, 6) is 0.886. The zero-order chi connectivity index (χ0) is 10.7. The first-order valence-corrected chi connectivity index (χ1v) is 6.59. The van der Waals surface area contributed by atoms with Crippen LogP contribution in [0.2, 0.25) is 0 Å². The smallest absolute Gasteiger partial charge is 0.0546 e. The Hall–Kier alpha value is 0.140. The van der Waals surface area contributed by atoms with Crippen molar-refractivity contribution < 1.29 is 5.11 Å². The minimum Gasteiger partial charge on any atom is -0.393 e. The molecule has 0 spiro atoms. The van der Waals surface area contributed by atoms with Gasteiger partial charge in [-0.15, -0.1) is 11.3 Å². The van der Waals surface area contributed by atoms with Crippen molar-refractivity contribution in [2.45, 2.75) is 33.3 Å². The highest BCUT2D eigenvalue weighted by Crippen LogP contribution is 2.26. The van der Waals surface area contributed by atoms with Crippen LogP contribution in [0.25, 0.3) is 0 Å². The van der Waals surface area contributed by atoms with Crippen LogP contribution in [0.3, 0.4) is 0 Å². The van der Waals surface area contributed by atoms with Crippen LogP contribution in [-0.4, -0.2) is 11.2 Å². The average molecular weight is 277 g/mol. The molecule has 14 heavy (non-hydrogen) atoms. The second kappa shape index (κ2) is 5.29. The molecule has 0 aliphatic heterocycles. The molecule has 80 valence electrons. The predicted octanol–water partition coefficient (Wildman–Crippen LogP) is 3.71. The number of rotatable bonds is 4. The average Bonchev–Trinajstić information content (AvgIpc) is 2.46. The van der Waals surface area contributed by atoms with Crippen LogP contribution < -0.4 is 0 Å². The van der Waals surface area contributed by atoms with Gasteiger partial charge in [0.15, 0.2) is 0 Å². The zero-order valence-electron chi connectivity index (χ0n) is 8.83. The standard InChI is InChI=1S/C11H17BrOS/c1-7(2)11(8(3)13)5-10-4-9(12)6-14-10/h4,6-8,11,13H,5H2,1-3H3. The van der Waals surface area contributed by atoms with Crippen molar-refractivity contribution in [1.82, 2.24) is 0 Å². The summed E-state index contributed by atoms with van der Waals surface area (Å²) in [7, 11) is 0. The van der Waals surface area contributed by atoms with E-state index in [4.69, 9.17) is 0 Å². The van der Waals surface area contributed by atoms with Crippen LogP contribution in [0.4, 0.5) is 0 Å². The Morgan fingerprint density at radius 1 is 1.43 bits per heavy atom. The van der Waals surface area contributed by atoms with Gasteiger partial charge in [-0.2, -0.15) is 0 Å². The van der Waals surface area contributed by atoms with Gasteiger partial charge in [0.25, 0.3) is 0 Å². The van der Waals surface area contributed by atoms with E-state index < -0.39 is 0 Å². The molecule has 1 rings (SSSR count). The maximum absolute atomic E-state index is 9.64. The van der Waals surface area contributed by atoms with Gasteiger partial charge >= 0.3 is 0 Å². The molecule has 1 aromatic rings. The maximum Gasteiger partial charge on any atom is 0.0546 e. The number of aliphatic hydroxyl groups is 1. The maximum atomic E-state index is 9.64. The van der Waals surface area contributed by atoms with E-state index in [0.29, 0.717) is 11.8 Å². The molecular weight excluding hydrogens is 260 g/mol. The highest BCUT2D eigenvalue weighted by Gasteiger charge is 2.19. The molecular formula is C11H17BrOS. The summed E-state index contributed by atoms with van der Waals surface area (Å²) in [4.78, 5) is 1.34. The Labute approximate surface area is 98.3 Å². The lowest BCUT2D eigenvalue weighted by molar-refractivity contribution is 0.0982. The van der Waals surface area contributed by atoms with Gasteiger partial charge in [0.2, 0.25) is 0 Å². The van der Waals surface area contributed by atoms with Crippen molar-refractivity contribution in [3.05, 3.63) is 20.8 Å². The zero-order valence-corrected chi connectivity index (χ0v) is 11.2. The number of halogens is 1. The summed E-state index contributed by atoms with van der Waals surface area (Å²) >= 11 is 5.20. The molecule has 0 aliphatic carbocycles. The third kappa shape index (κ3) is 3.37. The molecule has 0 aromatic carbocycles. The molecule has 2 unspecified atom stereocenters. The minimum absolute atomic E-state index is 0.226. The first-order chi connectivity index (χ1) is 6.50. The van der Waals surface area contributed by atoms with Crippen molar-refractivity contribution >= 4 is 27.3 Å². The fourth-order valence-corrected chi connectivity index (χ4v) is 3.18. The molecule has 0 radical (unpaired) electrons. The van der Waals surface area contributed by atoms with E-state index in [0.717, 1.165) is 10.9 Å². The van der Waals surface area contributed by atoms with E-state index in [2.05, 4.69) is 41.2 Å². The highest BCUT2D eigenvalue weighted by molar-refractivity contribution is 9.10. The van der Waals surface area contributed by atoms with E-state index >= 15 is 0 Å². The molecule has 0 saturated heterocycles. The van der Waals surface area contributed by atoms with Gasteiger partial charge in [-0.25, -0.2) is 0 Å². The van der Waals surface area contributed by atoms with E-state index in [1.165, 1.54) is 4.88 Å². The van der Waals surface area contributed by atoms with Crippen LogP contribution in [0, 0.1) is 11.8 Å². The van der Waals surface area contributed by atoms with Gasteiger partial charge in [-0.05, 0) is 47.2 Å². The molecule has 2 atom stereocenters. The second-order valence-corrected chi connectivity index (χ2v) is 6.00. The van der Waals surface area contributed by atoms with E-state index in [9.17, 15) is 5.11 Å².